The molecule has 10 nitrogen and oxygen atoms in total. The van der Waals surface area contributed by atoms with Crippen LogP contribution in [0, 0.1) is 17.8 Å². The normalized spacial score (nSPS) is 15.1. The summed E-state index contributed by atoms with van der Waals surface area (Å²) >= 11 is 0. The van der Waals surface area contributed by atoms with E-state index in [2.05, 4.69) is 16.0 Å². The highest BCUT2D eigenvalue weighted by Gasteiger charge is 2.32. The van der Waals surface area contributed by atoms with E-state index in [0.717, 1.165) is 0 Å². The highest BCUT2D eigenvalue weighted by atomic mass is 16.4. The third kappa shape index (κ3) is 12.6. The van der Waals surface area contributed by atoms with Crippen LogP contribution in [0.5, 0.6) is 0 Å². The average Bonchev–Trinajstić information content (AvgIpc) is 2.69. The fourth-order valence-electron chi connectivity index (χ4n) is 3.40. The number of carbonyl (C=O) groups excluding carboxylic acids is 3. The second-order valence-electron chi connectivity index (χ2n) is 9.84. The molecular formula is C23H45N5O5. The van der Waals surface area contributed by atoms with E-state index in [1.54, 1.807) is 13.8 Å². The summed E-state index contributed by atoms with van der Waals surface area (Å²) in [6.07, 6.45) is 2.39. The van der Waals surface area contributed by atoms with Crippen LogP contribution in [0.3, 0.4) is 0 Å². The maximum Gasteiger partial charge on any atom is 0.326 e. The molecule has 0 aliphatic heterocycles. The Morgan fingerprint density at radius 2 is 1.30 bits per heavy atom. The van der Waals surface area contributed by atoms with E-state index >= 15 is 0 Å². The van der Waals surface area contributed by atoms with Gasteiger partial charge in [-0.05, 0) is 56.4 Å². The van der Waals surface area contributed by atoms with Gasteiger partial charge < -0.3 is 32.5 Å². The molecule has 0 aromatic heterocycles. The van der Waals surface area contributed by atoms with Gasteiger partial charge in [-0.2, -0.15) is 0 Å². The minimum absolute atomic E-state index is 0.0654. The summed E-state index contributed by atoms with van der Waals surface area (Å²) in [6, 6.07) is -3.62. The summed E-state index contributed by atoms with van der Waals surface area (Å²) in [4.78, 5) is 49.9. The summed E-state index contributed by atoms with van der Waals surface area (Å²) < 4.78 is 0. The van der Waals surface area contributed by atoms with Crippen LogP contribution in [0.25, 0.3) is 0 Å². The van der Waals surface area contributed by atoms with Gasteiger partial charge in [-0.1, -0.05) is 41.5 Å². The Hall–Kier alpha value is -2.20. The second-order valence-corrected chi connectivity index (χ2v) is 9.84. The zero-order valence-electron chi connectivity index (χ0n) is 21.0. The Morgan fingerprint density at radius 1 is 0.758 bits per heavy atom. The van der Waals surface area contributed by atoms with Gasteiger partial charge in [0.2, 0.25) is 17.7 Å². The van der Waals surface area contributed by atoms with Gasteiger partial charge in [0.15, 0.2) is 0 Å². The molecular weight excluding hydrogens is 426 g/mol. The smallest absolute Gasteiger partial charge is 0.326 e. The van der Waals surface area contributed by atoms with Crippen molar-refractivity contribution in [3.63, 3.8) is 0 Å². The SMILES string of the molecule is CC(C)CC(N)C(=O)NC(CCCCN)C(=O)NC(C(=O)NC(CC(C)C)C(=O)O)C(C)C. The number of aliphatic carboxylic acids is 1. The Morgan fingerprint density at radius 3 is 1.76 bits per heavy atom. The van der Waals surface area contributed by atoms with Gasteiger partial charge in [-0.3, -0.25) is 14.4 Å². The molecule has 0 aromatic carbocycles. The van der Waals surface area contributed by atoms with E-state index in [1.165, 1.54) is 0 Å². The van der Waals surface area contributed by atoms with Crippen molar-refractivity contribution in [1.29, 1.82) is 0 Å². The topological polar surface area (TPSA) is 177 Å². The second kappa shape index (κ2) is 15.6. The molecule has 0 rings (SSSR count). The van der Waals surface area contributed by atoms with Gasteiger partial charge in [-0.25, -0.2) is 4.79 Å². The Bertz CT molecular complexity index is 639. The van der Waals surface area contributed by atoms with E-state index in [4.69, 9.17) is 11.5 Å². The van der Waals surface area contributed by atoms with Gasteiger partial charge in [0.25, 0.3) is 0 Å². The quantitative estimate of drug-likeness (QED) is 0.180. The number of carbonyl (C=O) groups is 4. The first-order valence-electron chi connectivity index (χ1n) is 11.9. The standard InChI is InChI=1S/C23H45N5O5/c1-13(2)11-16(25)20(29)26-17(9-7-8-10-24)21(30)28-19(15(5)6)22(31)27-18(23(32)33)12-14(3)4/h13-19H,7-12,24-25H2,1-6H3,(H,26,29)(H,27,31)(H,28,30)(H,32,33). The van der Waals surface area contributed by atoms with Gasteiger partial charge in [-0.15, -0.1) is 0 Å². The number of amides is 3. The molecule has 0 fully saturated rings. The van der Waals surface area contributed by atoms with Crippen LogP contribution in [0.2, 0.25) is 0 Å². The summed E-state index contributed by atoms with van der Waals surface area (Å²) in [5.41, 5.74) is 11.5. The molecule has 192 valence electrons. The molecule has 8 N–H and O–H groups in total. The van der Waals surface area contributed by atoms with Crippen molar-refractivity contribution in [3.05, 3.63) is 0 Å². The van der Waals surface area contributed by atoms with E-state index in [-0.39, 0.29) is 24.2 Å². The maximum absolute atomic E-state index is 13.0. The molecule has 4 atom stereocenters. The minimum Gasteiger partial charge on any atom is -0.480 e. The zero-order chi connectivity index (χ0) is 25.7. The Labute approximate surface area is 198 Å². The van der Waals surface area contributed by atoms with Gasteiger partial charge in [0.05, 0.1) is 6.04 Å². The first-order valence-corrected chi connectivity index (χ1v) is 11.9. The lowest BCUT2D eigenvalue weighted by molar-refractivity contribution is -0.143. The largest absolute Gasteiger partial charge is 0.480 e. The summed E-state index contributed by atoms with van der Waals surface area (Å²) in [5.74, 6) is -2.65. The lowest BCUT2D eigenvalue weighted by Crippen LogP contribution is -2.58. The highest BCUT2D eigenvalue weighted by molar-refractivity contribution is 5.94. The van der Waals surface area contributed by atoms with Gasteiger partial charge >= 0.3 is 5.97 Å². The van der Waals surface area contributed by atoms with E-state index < -0.39 is 47.9 Å². The number of carboxylic acid groups (broad SMARTS) is 1. The number of hydrogen-bond acceptors (Lipinski definition) is 6. The van der Waals surface area contributed by atoms with Gasteiger partial charge in [0, 0.05) is 0 Å². The van der Waals surface area contributed by atoms with E-state index in [9.17, 15) is 24.3 Å². The number of rotatable bonds is 16. The molecule has 10 heteroatoms. The molecule has 0 saturated carbocycles. The Balaban J connectivity index is 5.41. The van der Waals surface area contributed by atoms with E-state index in [1.807, 2.05) is 27.7 Å². The molecule has 0 aliphatic rings. The minimum atomic E-state index is -1.13. The summed E-state index contributed by atoms with van der Waals surface area (Å²) in [7, 11) is 0. The molecule has 3 amide bonds. The van der Waals surface area contributed by atoms with Crippen molar-refractivity contribution in [2.24, 2.45) is 29.2 Å². The predicted molar refractivity (Wildman–Crippen MR) is 128 cm³/mol. The van der Waals surface area contributed by atoms with E-state index in [0.29, 0.717) is 32.2 Å². The van der Waals surface area contributed by atoms with Crippen LogP contribution in [0.15, 0.2) is 0 Å². The molecule has 0 aromatic rings. The number of nitrogens with two attached hydrogens (primary N) is 2. The molecule has 0 bridgehead atoms. The van der Waals surface area contributed by atoms with Crippen molar-refractivity contribution < 1.29 is 24.3 Å². The van der Waals surface area contributed by atoms with Crippen molar-refractivity contribution in [3.8, 4) is 0 Å². The lowest BCUT2D eigenvalue weighted by atomic mass is 9.99. The zero-order valence-corrected chi connectivity index (χ0v) is 21.0. The number of unbranched alkanes of at least 4 members (excludes halogenated alkanes) is 1. The van der Waals surface area contributed by atoms with Crippen molar-refractivity contribution in [2.45, 2.75) is 97.8 Å². The maximum atomic E-state index is 13.0. The molecule has 0 saturated heterocycles. The third-order valence-corrected chi connectivity index (χ3v) is 5.21. The molecule has 0 radical (unpaired) electrons. The first kappa shape index (κ1) is 30.8. The first-order chi connectivity index (χ1) is 15.3. The van der Waals surface area contributed by atoms with Crippen LogP contribution >= 0.6 is 0 Å². The third-order valence-electron chi connectivity index (χ3n) is 5.21. The number of carboxylic acids is 1. The van der Waals surface area contributed by atoms with Crippen molar-refractivity contribution in [1.82, 2.24) is 16.0 Å². The van der Waals surface area contributed by atoms with Crippen LogP contribution in [0.4, 0.5) is 0 Å². The van der Waals surface area contributed by atoms with Crippen LogP contribution in [-0.2, 0) is 19.2 Å². The highest BCUT2D eigenvalue weighted by Crippen LogP contribution is 2.10. The summed E-state index contributed by atoms with van der Waals surface area (Å²) in [5, 5.41) is 17.4. The van der Waals surface area contributed by atoms with Gasteiger partial charge in [0.1, 0.15) is 18.1 Å². The molecule has 4 unspecified atom stereocenters. The molecule has 0 aliphatic carbocycles. The number of nitrogens with one attached hydrogen (secondary N) is 3. The van der Waals surface area contributed by atoms with Crippen LogP contribution in [-0.4, -0.2) is 59.5 Å². The van der Waals surface area contributed by atoms with Crippen molar-refractivity contribution >= 4 is 23.7 Å². The fourth-order valence-corrected chi connectivity index (χ4v) is 3.40. The van der Waals surface area contributed by atoms with Crippen molar-refractivity contribution in [2.75, 3.05) is 6.54 Å². The fraction of sp³-hybridized carbons (Fsp3) is 0.826. The summed E-state index contributed by atoms with van der Waals surface area (Å²) in [6.45, 7) is 11.6. The Kier molecular flexibility index (Phi) is 14.6. The van der Waals surface area contributed by atoms with Crippen LogP contribution in [0.1, 0.15) is 73.6 Å². The average molecular weight is 472 g/mol. The molecule has 0 heterocycles. The molecule has 0 spiro atoms. The van der Waals surface area contributed by atoms with Crippen LogP contribution < -0.4 is 27.4 Å². The number of hydrogen-bond donors (Lipinski definition) is 6. The predicted octanol–water partition coefficient (Wildman–Crippen LogP) is 0.730. The molecule has 33 heavy (non-hydrogen) atoms. The monoisotopic (exact) mass is 471 g/mol. The lowest BCUT2D eigenvalue weighted by Gasteiger charge is -2.27.